The number of carbonyl (C=O) groups is 2. The van der Waals surface area contributed by atoms with Gasteiger partial charge in [-0.15, -0.1) is 0 Å². The maximum Gasteiger partial charge on any atom is 0.233 e. The largest absolute Gasteiger partial charge is 0.285 e. The van der Waals surface area contributed by atoms with Gasteiger partial charge in [0.25, 0.3) is 0 Å². The van der Waals surface area contributed by atoms with Gasteiger partial charge in [-0.2, -0.15) is 0 Å². The van der Waals surface area contributed by atoms with E-state index in [0.717, 1.165) is 0 Å². The Hall–Kier alpha value is -3.52. The van der Waals surface area contributed by atoms with Crippen molar-refractivity contribution < 1.29 is 9.59 Å². The van der Waals surface area contributed by atoms with Gasteiger partial charge in [-0.05, 0) is 10.8 Å². The number of rotatable bonds is 3. The minimum absolute atomic E-state index is 0.427. The zero-order chi connectivity index (χ0) is 18.2. The van der Waals surface area contributed by atoms with E-state index >= 15 is 0 Å². The molecule has 0 aliphatic rings. The van der Waals surface area contributed by atoms with Crippen molar-refractivity contribution in [3.8, 4) is 0 Å². The van der Waals surface area contributed by atoms with Crippen LogP contribution in [0, 0.1) is 0 Å². The summed E-state index contributed by atoms with van der Waals surface area (Å²) in [6, 6.07) is 33.9. The smallest absolute Gasteiger partial charge is 0.233 e. The van der Waals surface area contributed by atoms with Crippen LogP contribution in [0.2, 0.25) is 0 Å². The van der Waals surface area contributed by atoms with Crippen molar-refractivity contribution in [2.75, 3.05) is 0 Å². The zero-order valence-electron chi connectivity index (χ0n) is 14.2. The Morgan fingerprint density at radius 1 is 0.385 bits per heavy atom. The van der Waals surface area contributed by atoms with E-state index in [4.69, 9.17) is 0 Å². The molecule has 0 amide bonds. The van der Waals surface area contributed by atoms with Crippen LogP contribution in [0.15, 0.2) is 109 Å². The first kappa shape index (κ1) is 17.3. The maximum atomic E-state index is 11.8. The predicted octanol–water partition coefficient (Wildman–Crippen LogP) is 5.59. The van der Waals surface area contributed by atoms with Gasteiger partial charge < -0.3 is 0 Å². The summed E-state index contributed by atoms with van der Waals surface area (Å²) in [5.41, 5.74) is 0.854. The Morgan fingerprint density at radius 3 is 0.962 bits per heavy atom. The molecule has 0 bridgehead atoms. The molecule has 0 atom stereocenters. The lowest BCUT2D eigenvalue weighted by molar-refractivity contribution is 0.0817. The number of benzene rings is 4. The SMILES string of the molecule is O=C(C(=O)c1ccccc1)c1ccccc1.c1ccc2ccccc2c1. The second-order valence-electron chi connectivity index (χ2n) is 5.74. The summed E-state index contributed by atoms with van der Waals surface area (Å²) in [7, 11) is 0. The number of hydrogen-bond acceptors (Lipinski definition) is 2. The molecule has 0 spiro atoms. The minimum atomic E-state index is -0.466. The normalized spacial score (nSPS) is 9.85. The van der Waals surface area contributed by atoms with Gasteiger partial charge in [0, 0.05) is 11.1 Å². The van der Waals surface area contributed by atoms with Crippen molar-refractivity contribution in [2.24, 2.45) is 0 Å². The van der Waals surface area contributed by atoms with Gasteiger partial charge in [-0.3, -0.25) is 9.59 Å². The van der Waals surface area contributed by atoms with Gasteiger partial charge >= 0.3 is 0 Å². The highest BCUT2D eigenvalue weighted by Crippen LogP contribution is 2.11. The highest BCUT2D eigenvalue weighted by Gasteiger charge is 2.16. The average molecular weight is 338 g/mol. The molecular weight excluding hydrogens is 320 g/mol. The Labute approximate surface area is 152 Å². The number of carbonyl (C=O) groups excluding carboxylic acids is 2. The van der Waals surface area contributed by atoms with Gasteiger partial charge in [0.2, 0.25) is 11.6 Å². The molecule has 0 aliphatic heterocycles. The molecule has 2 heteroatoms. The Balaban J connectivity index is 0.000000167. The van der Waals surface area contributed by atoms with Gasteiger partial charge in [0.1, 0.15) is 0 Å². The van der Waals surface area contributed by atoms with Crippen LogP contribution in [0.4, 0.5) is 0 Å². The van der Waals surface area contributed by atoms with Gasteiger partial charge in [0.05, 0.1) is 0 Å². The molecule has 4 aromatic carbocycles. The second kappa shape index (κ2) is 8.54. The van der Waals surface area contributed by atoms with E-state index in [2.05, 4.69) is 48.5 Å². The van der Waals surface area contributed by atoms with Gasteiger partial charge in [0.15, 0.2) is 0 Å². The molecule has 4 aromatic rings. The van der Waals surface area contributed by atoms with Gasteiger partial charge in [-0.25, -0.2) is 0 Å². The standard InChI is InChI=1S/C14H10O2.C10H8/c15-13(11-7-3-1-4-8-11)14(16)12-9-5-2-6-10-12;1-2-6-10-8-4-3-7-9(10)5-1/h1-10H;1-8H. The highest BCUT2D eigenvalue weighted by molar-refractivity contribution is 6.49. The fourth-order valence-electron chi connectivity index (χ4n) is 2.57. The minimum Gasteiger partial charge on any atom is -0.285 e. The Bertz CT molecular complexity index is 891. The lowest BCUT2D eigenvalue weighted by atomic mass is 10.0. The number of ketones is 2. The molecule has 0 heterocycles. The summed E-state index contributed by atoms with van der Waals surface area (Å²) in [4.78, 5) is 23.6. The second-order valence-corrected chi connectivity index (χ2v) is 5.74. The van der Waals surface area contributed by atoms with Gasteiger partial charge in [-0.1, -0.05) is 109 Å². The van der Waals surface area contributed by atoms with Crippen LogP contribution < -0.4 is 0 Å². The molecule has 126 valence electrons. The van der Waals surface area contributed by atoms with E-state index in [1.165, 1.54) is 10.8 Å². The first-order chi connectivity index (χ1) is 12.8. The van der Waals surface area contributed by atoms with Crippen molar-refractivity contribution >= 4 is 22.3 Å². The third-order valence-corrected chi connectivity index (χ3v) is 3.94. The lowest BCUT2D eigenvalue weighted by Crippen LogP contribution is -2.14. The first-order valence-electron chi connectivity index (χ1n) is 8.38. The summed E-state index contributed by atoms with van der Waals surface area (Å²) >= 11 is 0. The molecule has 0 aliphatic carbocycles. The van der Waals surface area contributed by atoms with Crippen molar-refractivity contribution in [1.29, 1.82) is 0 Å². The molecular formula is C24H18O2. The molecule has 4 rings (SSSR count). The topological polar surface area (TPSA) is 34.1 Å². The van der Waals surface area contributed by atoms with Crippen LogP contribution in [-0.4, -0.2) is 11.6 Å². The van der Waals surface area contributed by atoms with Crippen molar-refractivity contribution in [1.82, 2.24) is 0 Å². The molecule has 0 saturated heterocycles. The van der Waals surface area contributed by atoms with Crippen LogP contribution in [0.5, 0.6) is 0 Å². The molecule has 0 fully saturated rings. The summed E-state index contributed by atoms with van der Waals surface area (Å²) in [6.45, 7) is 0. The molecule has 0 unspecified atom stereocenters. The van der Waals surface area contributed by atoms with E-state index in [0.29, 0.717) is 11.1 Å². The summed E-state index contributed by atoms with van der Waals surface area (Å²) in [6.07, 6.45) is 0. The monoisotopic (exact) mass is 338 g/mol. The van der Waals surface area contributed by atoms with E-state index in [1.807, 2.05) is 12.1 Å². The van der Waals surface area contributed by atoms with Crippen molar-refractivity contribution in [3.05, 3.63) is 120 Å². The number of fused-ring (bicyclic) bond motifs is 1. The van der Waals surface area contributed by atoms with Crippen LogP contribution in [-0.2, 0) is 0 Å². The Kier molecular flexibility index (Phi) is 5.69. The van der Waals surface area contributed by atoms with Crippen molar-refractivity contribution in [2.45, 2.75) is 0 Å². The van der Waals surface area contributed by atoms with E-state index in [-0.39, 0.29) is 0 Å². The third-order valence-electron chi connectivity index (χ3n) is 3.94. The summed E-state index contributed by atoms with van der Waals surface area (Å²) < 4.78 is 0. The zero-order valence-corrected chi connectivity index (χ0v) is 14.2. The third kappa shape index (κ3) is 4.31. The summed E-state index contributed by atoms with van der Waals surface area (Å²) in [5, 5.41) is 2.62. The fourth-order valence-corrected chi connectivity index (χ4v) is 2.57. The van der Waals surface area contributed by atoms with E-state index in [9.17, 15) is 9.59 Å². The fraction of sp³-hybridized carbons (Fsp3) is 0. The first-order valence-corrected chi connectivity index (χ1v) is 8.38. The van der Waals surface area contributed by atoms with Crippen LogP contribution >= 0.6 is 0 Å². The molecule has 2 nitrogen and oxygen atoms in total. The molecule has 0 radical (unpaired) electrons. The highest BCUT2D eigenvalue weighted by atomic mass is 16.2. The number of hydrogen-bond donors (Lipinski definition) is 0. The average Bonchev–Trinajstić information content (AvgIpc) is 2.74. The molecule has 0 aromatic heterocycles. The Morgan fingerprint density at radius 2 is 0.654 bits per heavy atom. The molecule has 0 saturated carbocycles. The van der Waals surface area contributed by atoms with Crippen LogP contribution in [0.3, 0.4) is 0 Å². The number of Topliss-reactive ketones (excluding diaryl/α,β-unsaturated/α-hetero) is 2. The lowest BCUT2D eigenvalue weighted by Gasteiger charge is -1.99. The maximum absolute atomic E-state index is 11.8. The van der Waals surface area contributed by atoms with E-state index < -0.39 is 11.6 Å². The molecule has 0 N–H and O–H groups in total. The summed E-state index contributed by atoms with van der Waals surface area (Å²) in [5.74, 6) is -0.932. The van der Waals surface area contributed by atoms with Crippen LogP contribution in [0.1, 0.15) is 20.7 Å². The van der Waals surface area contributed by atoms with E-state index in [1.54, 1.807) is 48.5 Å². The van der Waals surface area contributed by atoms with Crippen molar-refractivity contribution in [3.63, 3.8) is 0 Å². The predicted molar refractivity (Wildman–Crippen MR) is 105 cm³/mol. The molecule has 26 heavy (non-hydrogen) atoms. The van der Waals surface area contributed by atoms with Crippen LogP contribution in [0.25, 0.3) is 10.8 Å². The quantitative estimate of drug-likeness (QED) is 0.360.